The molecule has 3 aliphatic rings. The van der Waals surface area contributed by atoms with Gasteiger partial charge in [0.05, 0.1) is 30.8 Å². The van der Waals surface area contributed by atoms with E-state index >= 15 is 4.39 Å². The second-order valence-electron chi connectivity index (χ2n) is 12.8. The summed E-state index contributed by atoms with van der Waals surface area (Å²) in [6.07, 6.45) is 2.23. The predicted molar refractivity (Wildman–Crippen MR) is 170 cm³/mol. The van der Waals surface area contributed by atoms with E-state index < -0.39 is 45.6 Å². The van der Waals surface area contributed by atoms with E-state index in [9.17, 15) is 22.4 Å². The van der Waals surface area contributed by atoms with Crippen LogP contribution in [-0.4, -0.2) is 81.0 Å². The summed E-state index contributed by atoms with van der Waals surface area (Å²) < 4.78 is 67.8. The van der Waals surface area contributed by atoms with Crippen LogP contribution in [0.4, 0.5) is 19.3 Å². The van der Waals surface area contributed by atoms with E-state index in [0.29, 0.717) is 56.3 Å². The Balaban J connectivity index is 1.42. The van der Waals surface area contributed by atoms with Crippen molar-refractivity contribution in [1.29, 1.82) is 0 Å². The normalized spacial score (nSPS) is 28.7. The van der Waals surface area contributed by atoms with E-state index in [-0.39, 0.29) is 41.6 Å². The molecule has 3 aliphatic heterocycles. The Bertz CT molecular complexity index is 1480. The molecular weight excluding hydrogens is 618 g/mol. The molecule has 3 fully saturated rings. The zero-order valence-electron chi connectivity index (χ0n) is 26.5. The average molecular weight is 663 g/mol. The highest BCUT2D eigenvalue weighted by Gasteiger charge is 2.41. The number of carbonyl (C=O) groups is 2. The summed E-state index contributed by atoms with van der Waals surface area (Å²) in [5.74, 6) is -2.40. The Kier molecular flexibility index (Phi) is 11.0. The topological polar surface area (TPSA) is 126 Å². The summed E-state index contributed by atoms with van der Waals surface area (Å²) in [5, 5.41) is 8.87. The number of carbonyl (C=O) groups excluding carboxylic acids is 2. The number of fused-ring (bicyclic) bond motifs is 2. The van der Waals surface area contributed by atoms with E-state index in [1.807, 2.05) is 13.8 Å². The number of ether oxygens (including phenoxy) is 2. The number of amides is 2. The smallest absolute Gasteiger partial charge is 0.407 e. The Hall–Kier alpha value is -3.13. The van der Waals surface area contributed by atoms with Crippen LogP contribution in [-0.2, 0) is 30.7 Å². The molecule has 0 aromatic heterocycles. The minimum atomic E-state index is -3.40. The fourth-order valence-corrected chi connectivity index (χ4v) is 9.17. The minimum absolute atomic E-state index is 0.0314. The summed E-state index contributed by atoms with van der Waals surface area (Å²) >= 11 is 0. The molecule has 0 radical (unpaired) electrons. The first-order valence-corrected chi connectivity index (χ1v) is 17.6. The first-order chi connectivity index (χ1) is 21.9. The number of anilines is 1. The molecule has 3 saturated heterocycles. The third kappa shape index (κ3) is 8.04. The number of para-hydroxylation sites is 1. The van der Waals surface area contributed by atoms with Gasteiger partial charge in [-0.2, -0.15) is 4.31 Å². The molecule has 0 spiro atoms. The SMILES string of the molecule is COC(=O)N[C@H](C(=O)Nc1c(F)cccc1CC[C@H]1CN[C@@H]2CCCS(=O)(=O)N1C2)[C@@H](c1ccc(F)cc1)[C@H]1C[C@@H](C)O[C@@H](C)C1. The Morgan fingerprint density at radius 3 is 2.52 bits per heavy atom. The largest absolute Gasteiger partial charge is 0.453 e. The van der Waals surface area contributed by atoms with E-state index in [2.05, 4.69) is 16.0 Å². The van der Waals surface area contributed by atoms with Gasteiger partial charge in [-0.1, -0.05) is 24.3 Å². The van der Waals surface area contributed by atoms with Crippen LogP contribution in [0.3, 0.4) is 0 Å². The van der Waals surface area contributed by atoms with Crippen LogP contribution in [0.5, 0.6) is 0 Å². The molecule has 5 rings (SSSR count). The van der Waals surface area contributed by atoms with Crippen LogP contribution in [0.2, 0.25) is 0 Å². The van der Waals surface area contributed by atoms with Crippen molar-refractivity contribution in [2.45, 2.75) is 88.6 Å². The second-order valence-corrected chi connectivity index (χ2v) is 14.8. The quantitative estimate of drug-likeness (QED) is 0.366. The molecule has 0 aliphatic carbocycles. The van der Waals surface area contributed by atoms with E-state index in [1.54, 1.807) is 28.6 Å². The minimum Gasteiger partial charge on any atom is -0.453 e. The summed E-state index contributed by atoms with van der Waals surface area (Å²) in [6.45, 7) is 4.79. The van der Waals surface area contributed by atoms with Gasteiger partial charge in [-0.3, -0.25) is 4.79 Å². The van der Waals surface area contributed by atoms with Crippen LogP contribution < -0.4 is 16.0 Å². The van der Waals surface area contributed by atoms with Crippen molar-refractivity contribution in [2.24, 2.45) is 5.92 Å². The fraction of sp³-hybridized carbons (Fsp3) is 0.576. The van der Waals surface area contributed by atoms with Crippen LogP contribution >= 0.6 is 0 Å². The fourth-order valence-electron chi connectivity index (χ4n) is 7.36. The summed E-state index contributed by atoms with van der Waals surface area (Å²) in [6, 6.07) is 8.92. The van der Waals surface area contributed by atoms with Crippen molar-refractivity contribution in [3.63, 3.8) is 0 Å². The maximum absolute atomic E-state index is 15.5. The first-order valence-electron chi connectivity index (χ1n) is 16.0. The maximum atomic E-state index is 15.5. The monoisotopic (exact) mass is 662 g/mol. The lowest BCUT2D eigenvalue weighted by Crippen LogP contribution is -2.57. The van der Waals surface area contributed by atoms with Crippen molar-refractivity contribution in [1.82, 2.24) is 14.9 Å². The molecular formula is C33H44F2N4O6S. The molecule has 2 aromatic carbocycles. The maximum Gasteiger partial charge on any atom is 0.407 e. The van der Waals surface area contributed by atoms with Crippen LogP contribution in [0.1, 0.15) is 63.0 Å². The summed E-state index contributed by atoms with van der Waals surface area (Å²) in [7, 11) is -2.21. The van der Waals surface area contributed by atoms with Gasteiger partial charge in [-0.15, -0.1) is 0 Å². The number of alkyl carbamates (subject to hydrolysis) is 1. The van der Waals surface area contributed by atoms with Gasteiger partial charge in [-0.25, -0.2) is 22.0 Å². The third-order valence-electron chi connectivity index (χ3n) is 9.45. The highest BCUT2D eigenvalue weighted by molar-refractivity contribution is 7.89. The number of aryl methyl sites for hydroxylation is 1. The molecule has 2 aromatic rings. The lowest BCUT2D eigenvalue weighted by atomic mass is 9.74. The summed E-state index contributed by atoms with van der Waals surface area (Å²) in [5.41, 5.74) is 1.11. The van der Waals surface area contributed by atoms with Gasteiger partial charge in [0.1, 0.15) is 17.7 Å². The third-order valence-corrected chi connectivity index (χ3v) is 11.4. The zero-order valence-corrected chi connectivity index (χ0v) is 27.3. The molecule has 8 atom stereocenters. The summed E-state index contributed by atoms with van der Waals surface area (Å²) in [4.78, 5) is 26.8. The predicted octanol–water partition coefficient (Wildman–Crippen LogP) is 4.31. The van der Waals surface area contributed by atoms with Crippen LogP contribution in [0.15, 0.2) is 42.5 Å². The van der Waals surface area contributed by atoms with Gasteiger partial charge in [0.15, 0.2) is 0 Å². The zero-order chi connectivity index (χ0) is 33.0. The number of piperazine rings is 1. The number of nitrogens with zero attached hydrogens (tertiary/aromatic N) is 1. The van der Waals surface area contributed by atoms with Crippen molar-refractivity contribution in [2.75, 3.05) is 31.3 Å². The van der Waals surface area contributed by atoms with Crippen molar-refractivity contribution >= 4 is 27.7 Å². The number of hydrogen-bond donors (Lipinski definition) is 3. The number of halogens is 2. The first kappa shape index (κ1) is 34.2. The number of benzene rings is 2. The van der Waals surface area contributed by atoms with Gasteiger partial charge < -0.3 is 25.4 Å². The van der Waals surface area contributed by atoms with E-state index in [4.69, 9.17) is 9.47 Å². The van der Waals surface area contributed by atoms with Gasteiger partial charge in [0.2, 0.25) is 15.9 Å². The number of methoxy groups -OCH3 is 1. The molecule has 0 saturated carbocycles. The lowest BCUT2D eigenvalue weighted by molar-refractivity contribution is -0.120. The standard InChI is InChI=1S/C33H44F2N4O6S/c1-20-16-24(17-21(2)45-20)29(22-9-12-25(34)13-10-22)31(38-33(41)44-3)32(40)37-30-23(6-4-8-28(30)35)11-14-27-18-36-26-7-5-15-46(42,43)39(27)19-26/h4,6,8-10,12-13,20-21,24,26-27,29,31,36H,5,7,11,14-19H2,1-3H3,(H,37,40)(H,38,41)/t20-,21+,24+,26-,27+,29+,31+/m1/s1. The molecule has 252 valence electrons. The molecule has 46 heavy (non-hydrogen) atoms. The van der Waals surface area contributed by atoms with E-state index in [0.717, 1.165) is 6.42 Å². The molecule has 3 heterocycles. The molecule has 2 bridgehead atoms. The van der Waals surface area contributed by atoms with E-state index in [1.165, 1.54) is 25.3 Å². The van der Waals surface area contributed by atoms with Gasteiger partial charge in [-0.05, 0) is 87.6 Å². The highest BCUT2D eigenvalue weighted by atomic mass is 32.2. The molecule has 1 unspecified atom stereocenters. The Morgan fingerprint density at radius 1 is 1.11 bits per heavy atom. The highest BCUT2D eigenvalue weighted by Crippen LogP contribution is 2.39. The van der Waals surface area contributed by atoms with Crippen LogP contribution in [0.25, 0.3) is 0 Å². The lowest BCUT2D eigenvalue weighted by Gasteiger charge is -2.40. The van der Waals surface area contributed by atoms with Crippen LogP contribution in [0, 0.1) is 17.6 Å². The second kappa shape index (κ2) is 14.7. The molecule has 3 N–H and O–H groups in total. The Morgan fingerprint density at radius 2 is 1.83 bits per heavy atom. The number of rotatable bonds is 9. The number of nitrogens with one attached hydrogen (secondary N) is 3. The molecule has 13 heteroatoms. The van der Waals surface area contributed by atoms with Gasteiger partial charge in [0, 0.05) is 31.1 Å². The van der Waals surface area contributed by atoms with Crippen molar-refractivity contribution < 1.29 is 36.3 Å². The molecule has 2 amide bonds. The number of hydrogen-bond acceptors (Lipinski definition) is 7. The van der Waals surface area contributed by atoms with Gasteiger partial charge in [0.25, 0.3) is 0 Å². The van der Waals surface area contributed by atoms with Gasteiger partial charge >= 0.3 is 6.09 Å². The average Bonchev–Trinajstić information content (AvgIpc) is 3.12. The van der Waals surface area contributed by atoms with Crippen molar-refractivity contribution in [3.05, 3.63) is 65.2 Å². The number of sulfonamides is 1. The molecule has 10 nitrogen and oxygen atoms in total. The Labute approximate surface area is 269 Å². The van der Waals surface area contributed by atoms with Crippen molar-refractivity contribution in [3.8, 4) is 0 Å².